The number of benzene rings is 1. The van der Waals surface area contributed by atoms with Crippen LogP contribution in [0, 0.1) is 5.92 Å². The van der Waals surface area contributed by atoms with Gasteiger partial charge >= 0.3 is 0 Å². The number of hydrogen-bond donors (Lipinski definition) is 0. The van der Waals surface area contributed by atoms with Crippen LogP contribution in [0.15, 0.2) is 42.5 Å². The average molecular weight is 214 g/mol. The number of carbonyl (C=O) groups excluding carboxylic acids is 1. The average Bonchev–Trinajstić information content (AvgIpc) is 2.29. The van der Waals surface area contributed by atoms with Gasteiger partial charge < -0.3 is 4.79 Å². The second kappa shape index (κ2) is 4.25. The van der Waals surface area contributed by atoms with Crippen molar-refractivity contribution in [1.29, 1.82) is 0 Å². The quantitative estimate of drug-likeness (QED) is 0.544. The first kappa shape index (κ1) is 11.1. The van der Waals surface area contributed by atoms with E-state index >= 15 is 0 Å². The van der Waals surface area contributed by atoms with Crippen LogP contribution in [0.5, 0.6) is 0 Å². The van der Waals surface area contributed by atoms with Gasteiger partial charge in [-0.2, -0.15) is 0 Å². The van der Waals surface area contributed by atoms with Crippen molar-refractivity contribution in [3.63, 3.8) is 0 Å². The van der Waals surface area contributed by atoms with Gasteiger partial charge in [0.2, 0.25) is 0 Å². The molecule has 0 aromatic heterocycles. The van der Waals surface area contributed by atoms with Gasteiger partial charge in [0.15, 0.2) is 0 Å². The minimum absolute atomic E-state index is 0.0855. The van der Waals surface area contributed by atoms with Crippen molar-refractivity contribution in [2.45, 2.75) is 31.6 Å². The summed E-state index contributed by atoms with van der Waals surface area (Å²) in [6.45, 7) is 6.31. The normalized spacial score (nSPS) is 30.1. The van der Waals surface area contributed by atoms with Crippen molar-refractivity contribution < 1.29 is 4.79 Å². The fraction of sp³-hybridized carbons (Fsp3) is 0.400. The molecule has 2 rings (SSSR count). The van der Waals surface area contributed by atoms with Gasteiger partial charge in [-0.1, -0.05) is 49.4 Å². The lowest BCUT2D eigenvalue weighted by Gasteiger charge is -2.38. The summed E-state index contributed by atoms with van der Waals surface area (Å²) in [7, 11) is 0. The Balaban J connectivity index is 2.30. The summed E-state index contributed by atoms with van der Waals surface area (Å²) in [6.07, 6.45) is 3.90. The van der Waals surface area contributed by atoms with Crippen LogP contribution in [0.3, 0.4) is 0 Å². The Morgan fingerprint density at radius 1 is 1.38 bits per heavy atom. The predicted molar refractivity (Wildman–Crippen MR) is 66.3 cm³/mol. The Labute approximate surface area is 97.2 Å². The molecule has 1 aromatic carbocycles. The van der Waals surface area contributed by atoms with Crippen LogP contribution < -0.4 is 0 Å². The molecular weight excluding hydrogens is 196 g/mol. The van der Waals surface area contributed by atoms with Gasteiger partial charge in [-0.25, -0.2) is 0 Å². The first-order valence-corrected chi connectivity index (χ1v) is 5.81. The summed E-state index contributed by atoms with van der Waals surface area (Å²) in [6, 6.07) is 10.5. The Bertz CT molecular complexity index is 393. The molecule has 1 fully saturated rings. The Morgan fingerprint density at radius 2 is 2.06 bits per heavy atom. The van der Waals surface area contributed by atoms with Crippen LogP contribution in [0.2, 0.25) is 0 Å². The zero-order valence-corrected chi connectivity index (χ0v) is 9.78. The highest BCUT2D eigenvalue weighted by atomic mass is 16.1. The van der Waals surface area contributed by atoms with Crippen molar-refractivity contribution in [1.82, 2.24) is 0 Å². The van der Waals surface area contributed by atoms with Crippen molar-refractivity contribution in [3.8, 4) is 0 Å². The molecule has 0 heterocycles. The van der Waals surface area contributed by atoms with Crippen LogP contribution in [-0.4, -0.2) is 6.29 Å². The highest BCUT2D eigenvalue weighted by Crippen LogP contribution is 2.42. The molecule has 1 heteroatoms. The van der Waals surface area contributed by atoms with Gasteiger partial charge in [0, 0.05) is 5.92 Å². The van der Waals surface area contributed by atoms with Crippen molar-refractivity contribution in [2.24, 2.45) is 5.92 Å². The minimum atomic E-state index is 0.0855. The molecule has 1 saturated carbocycles. The van der Waals surface area contributed by atoms with E-state index < -0.39 is 0 Å². The van der Waals surface area contributed by atoms with E-state index in [9.17, 15) is 4.79 Å². The molecule has 1 aliphatic carbocycles. The van der Waals surface area contributed by atoms with Crippen molar-refractivity contribution >= 4 is 6.29 Å². The molecule has 2 atom stereocenters. The molecule has 84 valence electrons. The zero-order chi connectivity index (χ0) is 11.6. The monoisotopic (exact) mass is 214 g/mol. The van der Waals surface area contributed by atoms with E-state index in [0.717, 1.165) is 25.5 Å². The van der Waals surface area contributed by atoms with Crippen LogP contribution in [0.1, 0.15) is 31.7 Å². The van der Waals surface area contributed by atoms with Gasteiger partial charge in [-0.15, -0.1) is 0 Å². The first-order valence-electron chi connectivity index (χ1n) is 5.81. The van der Waals surface area contributed by atoms with E-state index in [1.54, 1.807) is 0 Å². The second-order valence-electron chi connectivity index (χ2n) is 5.16. The fourth-order valence-corrected chi connectivity index (χ4v) is 2.87. The van der Waals surface area contributed by atoms with Crippen LogP contribution >= 0.6 is 0 Å². The van der Waals surface area contributed by atoms with Gasteiger partial charge in [0.1, 0.15) is 6.29 Å². The maximum atomic E-state index is 11.0. The summed E-state index contributed by atoms with van der Waals surface area (Å²) >= 11 is 0. The zero-order valence-electron chi connectivity index (χ0n) is 9.78. The maximum Gasteiger partial charge on any atom is 0.123 e. The third kappa shape index (κ3) is 2.08. The van der Waals surface area contributed by atoms with Crippen LogP contribution in [-0.2, 0) is 10.2 Å². The summed E-state index contributed by atoms with van der Waals surface area (Å²) < 4.78 is 0. The van der Waals surface area contributed by atoms with Gasteiger partial charge in [0.05, 0.1) is 0 Å². The maximum absolute atomic E-state index is 11.0. The van der Waals surface area contributed by atoms with E-state index in [1.807, 2.05) is 6.07 Å². The Hall–Kier alpha value is -1.37. The molecule has 1 aromatic rings. The highest BCUT2D eigenvalue weighted by molar-refractivity contribution is 5.55. The van der Waals surface area contributed by atoms with E-state index in [0.29, 0.717) is 0 Å². The topological polar surface area (TPSA) is 17.1 Å². The molecule has 0 aliphatic heterocycles. The van der Waals surface area contributed by atoms with E-state index in [-0.39, 0.29) is 11.3 Å². The standard InChI is InChI=1S/C15H18O/c1-12-8-13(11-16)10-15(2,9-12)14-6-4-3-5-7-14/h3-7,11,13H,1,8-10H2,2H3/t13-,15+/m0/s1. The summed E-state index contributed by atoms with van der Waals surface area (Å²) in [5, 5.41) is 0. The second-order valence-corrected chi connectivity index (χ2v) is 5.16. The van der Waals surface area contributed by atoms with Crippen molar-refractivity contribution in [3.05, 3.63) is 48.0 Å². The van der Waals surface area contributed by atoms with Gasteiger partial charge in [-0.05, 0) is 30.2 Å². The van der Waals surface area contributed by atoms with E-state index in [1.165, 1.54) is 11.1 Å². The number of rotatable bonds is 2. The Morgan fingerprint density at radius 3 is 2.69 bits per heavy atom. The number of hydrogen-bond acceptors (Lipinski definition) is 1. The Kier molecular flexibility index (Phi) is 2.95. The third-order valence-electron chi connectivity index (χ3n) is 3.57. The predicted octanol–water partition coefficient (Wildman–Crippen LogP) is 3.50. The van der Waals surface area contributed by atoms with Crippen molar-refractivity contribution in [2.75, 3.05) is 0 Å². The lowest BCUT2D eigenvalue weighted by atomic mass is 9.66. The molecule has 0 amide bonds. The summed E-state index contributed by atoms with van der Waals surface area (Å²) in [4.78, 5) is 11.0. The largest absolute Gasteiger partial charge is 0.303 e. The SMILES string of the molecule is C=C1C[C@H](C=O)C[C@](C)(c2ccccc2)C1. The smallest absolute Gasteiger partial charge is 0.123 e. The molecule has 16 heavy (non-hydrogen) atoms. The van der Waals surface area contributed by atoms with Crippen LogP contribution in [0.25, 0.3) is 0 Å². The first-order chi connectivity index (χ1) is 7.64. The van der Waals surface area contributed by atoms with Crippen LogP contribution in [0.4, 0.5) is 0 Å². The lowest BCUT2D eigenvalue weighted by molar-refractivity contribution is -0.112. The fourth-order valence-electron chi connectivity index (χ4n) is 2.87. The molecule has 1 nitrogen and oxygen atoms in total. The molecule has 0 saturated heterocycles. The molecular formula is C15H18O. The van der Waals surface area contributed by atoms with E-state index in [2.05, 4.69) is 37.8 Å². The number of allylic oxidation sites excluding steroid dienone is 1. The third-order valence-corrected chi connectivity index (χ3v) is 3.57. The van der Waals surface area contributed by atoms with Gasteiger partial charge in [0.25, 0.3) is 0 Å². The summed E-state index contributed by atoms with van der Waals surface area (Å²) in [5.74, 6) is 0.145. The number of carbonyl (C=O) groups is 1. The van der Waals surface area contributed by atoms with E-state index in [4.69, 9.17) is 0 Å². The summed E-state index contributed by atoms with van der Waals surface area (Å²) in [5.41, 5.74) is 2.61. The molecule has 0 bridgehead atoms. The lowest BCUT2D eigenvalue weighted by Crippen LogP contribution is -2.31. The molecule has 0 N–H and O–H groups in total. The highest BCUT2D eigenvalue weighted by Gasteiger charge is 2.34. The molecule has 0 radical (unpaired) electrons. The minimum Gasteiger partial charge on any atom is -0.303 e. The molecule has 0 spiro atoms. The number of aldehydes is 1. The molecule has 1 aliphatic rings. The van der Waals surface area contributed by atoms with Gasteiger partial charge in [-0.3, -0.25) is 0 Å². The molecule has 0 unspecified atom stereocenters.